The molecule has 2 nitrogen and oxygen atoms in total. The van der Waals surface area contributed by atoms with Gasteiger partial charge in [-0.1, -0.05) is 6.07 Å². The largest absolute Gasteiger partial charge is 0.508 e. The quantitative estimate of drug-likeness (QED) is 0.704. The van der Waals surface area contributed by atoms with Gasteiger partial charge in [-0.2, -0.15) is 0 Å². The summed E-state index contributed by atoms with van der Waals surface area (Å²) in [5.74, 6) is 0.395. The lowest BCUT2D eigenvalue weighted by molar-refractivity contribution is 0.475. The van der Waals surface area contributed by atoms with Crippen molar-refractivity contribution in [1.29, 1.82) is 0 Å². The molecule has 0 amide bonds. The van der Waals surface area contributed by atoms with E-state index < -0.39 is 0 Å². The number of anilines is 1. The first-order chi connectivity index (χ1) is 6.34. The summed E-state index contributed by atoms with van der Waals surface area (Å²) in [6.07, 6.45) is 3.80. The molecule has 1 fully saturated rings. The van der Waals surface area contributed by atoms with Crippen molar-refractivity contribution in [3.8, 4) is 5.75 Å². The van der Waals surface area contributed by atoms with E-state index in [-0.39, 0.29) is 0 Å². The number of phenolic OH excluding ortho intramolecular Hbond substituents is 1. The highest BCUT2D eigenvalue weighted by molar-refractivity contribution is 5.62. The van der Waals surface area contributed by atoms with Crippen LogP contribution in [-0.2, 0) is 6.42 Å². The van der Waals surface area contributed by atoms with Gasteiger partial charge in [0.25, 0.3) is 0 Å². The molecule has 1 N–H and O–H groups in total. The van der Waals surface area contributed by atoms with Crippen LogP contribution in [0.25, 0.3) is 0 Å². The van der Waals surface area contributed by atoms with E-state index in [1.54, 1.807) is 6.07 Å². The molecule has 2 aliphatic rings. The minimum atomic E-state index is 0.395. The first kappa shape index (κ1) is 7.25. The molecular formula is C11H13NO. The van der Waals surface area contributed by atoms with Crippen LogP contribution in [-0.4, -0.2) is 17.7 Å². The van der Waals surface area contributed by atoms with Gasteiger partial charge < -0.3 is 10.0 Å². The Labute approximate surface area is 77.8 Å². The molecule has 0 unspecified atom stereocenters. The standard InChI is InChI=1S/C11H13NO/c13-10-4-1-8-5-6-12(9-2-3-9)11(8)7-10/h1,4,7,9,13H,2-3,5-6H2. The fourth-order valence-electron chi connectivity index (χ4n) is 2.16. The SMILES string of the molecule is Oc1ccc2c(c1)N(C1CC1)CC2. The van der Waals surface area contributed by atoms with Crippen molar-refractivity contribution >= 4 is 5.69 Å². The minimum absolute atomic E-state index is 0.395. The molecule has 0 spiro atoms. The van der Waals surface area contributed by atoms with Gasteiger partial charge in [0.15, 0.2) is 0 Å². The van der Waals surface area contributed by atoms with E-state index in [2.05, 4.69) is 4.90 Å². The number of benzene rings is 1. The molecule has 3 rings (SSSR count). The van der Waals surface area contributed by atoms with E-state index in [0.29, 0.717) is 5.75 Å². The average molecular weight is 175 g/mol. The molecule has 0 radical (unpaired) electrons. The van der Waals surface area contributed by atoms with Crippen molar-refractivity contribution in [2.45, 2.75) is 25.3 Å². The number of phenols is 1. The Morgan fingerprint density at radius 2 is 2.15 bits per heavy atom. The minimum Gasteiger partial charge on any atom is -0.508 e. The fourth-order valence-corrected chi connectivity index (χ4v) is 2.16. The zero-order chi connectivity index (χ0) is 8.84. The Kier molecular flexibility index (Phi) is 1.34. The predicted molar refractivity (Wildman–Crippen MR) is 52.2 cm³/mol. The van der Waals surface area contributed by atoms with Crippen LogP contribution in [0.5, 0.6) is 5.75 Å². The lowest BCUT2D eigenvalue weighted by atomic mass is 10.1. The summed E-state index contributed by atoms with van der Waals surface area (Å²) in [6, 6.07) is 6.51. The maximum atomic E-state index is 9.39. The first-order valence-corrected chi connectivity index (χ1v) is 4.93. The number of hydrogen-bond donors (Lipinski definition) is 1. The number of nitrogens with zero attached hydrogens (tertiary/aromatic N) is 1. The van der Waals surface area contributed by atoms with E-state index in [9.17, 15) is 5.11 Å². The average Bonchev–Trinajstić information content (AvgIpc) is 2.87. The van der Waals surface area contributed by atoms with E-state index in [1.165, 1.54) is 24.1 Å². The molecule has 1 aromatic carbocycles. The number of rotatable bonds is 1. The molecule has 0 aromatic heterocycles. The van der Waals surface area contributed by atoms with Crippen LogP contribution in [0.3, 0.4) is 0 Å². The second-order valence-electron chi connectivity index (χ2n) is 3.99. The van der Waals surface area contributed by atoms with Crippen molar-refractivity contribution in [3.63, 3.8) is 0 Å². The molecule has 1 saturated carbocycles. The second kappa shape index (κ2) is 2.41. The Hall–Kier alpha value is -1.18. The molecule has 1 aromatic rings. The van der Waals surface area contributed by atoms with Crippen LogP contribution in [0.2, 0.25) is 0 Å². The summed E-state index contributed by atoms with van der Waals surface area (Å²) >= 11 is 0. The van der Waals surface area contributed by atoms with Gasteiger partial charge in [0.05, 0.1) is 0 Å². The highest BCUT2D eigenvalue weighted by atomic mass is 16.3. The van der Waals surface area contributed by atoms with Crippen molar-refractivity contribution in [1.82, 2.24) is 0 Å². The Balaban J connectivity index is 2.03. The van der Waals surface area contributed by atoms with Gasteiger partial charge in [0, 0.05) is 24.3 Å². The molecule has 0 atom stereocenters. The number of fused-ring (bicyclic) bond motifs is 1. The summed E-state index contributed by atoms with van der Waals surface area (Å²) in [5.41, 5.74) is 2.66. The third kappa shape index (κ3) is 1.09. The predicted octanol–water partition coefficient (Wildman–Crippen LogP) is 1.92. The molecule has 0 bridgehead atoms. The zero-order valence-corrected chi connectivity index (χ0v) is 7.53. The number of aromatic hydroxyl groups is 1. The van der Waals surface area contributed by atoms with Gasteiger partial charge in [0.1, 0.15) is 5.75 Å². The van der Waals surface area contributed by atoms with Crippen molar-refractivity contribution < 1.29 is 5.11 Å². The molecule has 1 aliphatic heterocycles. The van der Waals surface area contributed by atoms with Crippen LogP contribution in [0.15, 0.2) is 18.2 Å². The lowest BCUT2D eigenvalue weighted by Gasteiger charge is -2.18. The lowest BCUT2D eigenvalue weighted by Crippen LogP contribution is -2.22. The van der Waals surface area contributed by atoms with E-state index in [4.69, 9.17) is 0 Å². The summed E-state index contributed by atoms with van der Waals surface area (Å²) in [7, 11) is 0. The first-order valence-electron chi connectivity index (χ1n) is 4.93. The Morgan fingerprint density at radius 3 is 2.92 bits per heavy atom. The fraction of sp³-hybridized carbons (Fsp3) is 0.455. The van der Waals surface area contributed by atoms with Gasteiger partial charge in [-0.25, -0.2) is 0 Å². The van der Waals surface area contributed by atoms with Gasteiger partial charge in [0.2, 0.25) is 0 Å². The molecule has 0 saturated heterocycles. The van der Waals surface area contributed by atoms with Gasteiger partial charge in [-0.15, -0.1) is 0 Å². The van der Waals surface area contributed by atoms with Crippen LogP contribution in [0.1, 0.15) is 18.4 Å². The van der Waals surface area contributed by atoms with Gasteiger partial charge >= 0.3 is 0 Å². The third-order valence-corrected chi connectivity index (χ3v) is 2.99. The van der Waals surface area contributed by atoms with E-state index in [0.717, 1.165) is 19.0 Å². The van der Waals surface area contributed by atoms with Gasteiger partial charge in [-0.3, -0.25) is 0 Å². The highest BCUT2D eigenvalue weighted by Crippen LogP contribution is 2.39. The summed E-state index contributed by atoms with van der Waals surface area (Å²) in [4.78, 5) is 2.44. The molecule has 2 heteroatoms. The summed E-state index contributed by atoms with van der Waals surface area (Å²) in [5, 5.41) is 9.39. The Bertz CT molecular complexity index is 344. The highest BCUT2D eigenvalue weighted by Gasteiger charge is 2.33. The Morgan fingerprint density at radius 1 is 1.31 bits per heavy atom. The number of hydrogen-bond acceptors (Lipinski definition) is 2. The van der Waals surface area contributed by atoms with Crippen molar-refractivity contribution in [2.75, 3.05) is 11.4 Å². The van der Waals surface area contributed by atoms with E-state index in [1.807, 2.05) is 12.1 Å². The van der Waals surface area contributed by atoms with Crippen molar-refractivity contribution in [3.05, 3.63) is 23.8 Å². The monoisotopic (exact) mass is 175 g/mol. The normalized spacial score (nSPS) is 20.5. The molecule has 68 valence electrons. The van der Waals surface area contributed by atoms with E-state index >= 15 is 0 Å². The maximum absolute atomic E-state index is 9.39. The van der Waals surface area contributed by atoms with Crippen LogP contribution in [0, 0.1) is 0 Å². The van der Waals surface area contributed by atoms with Crippen LogP contribution in [0.4, 0.5) is 5.69 Å². The molecule has 13 heavy (non-hydrogen) atoms. The van der Waals surface area contributed by atoms with Gasteiger partial charge in [-0.05, 0) is 30.9 Å². The zero-order valence-electron chi connectivity index (χ0n) is 7.53. The molecule has 1 heterocycles. The van der Waals surface area contributed by atoms with Crippen LogP contribution < -0.4 is 4.90 Å². The molecular weight excluding hydrogens is 162 g/mol. The van der Waals surface area contributed by atoms with Crippen LogP contribution >= 0.6 is 0 Å². The molecule has 1 aliphatic carbocycles. The summed E-state index contributed by atoms with van der Waals surface area (Å²) < 4.78 is 0. The smallest absolute Gasteiger partial charge is 0.117 e. The topological polar surface area (TPSA) is 23.5 Å². The second-order valence-corrected chi connectivity index (χ2v) is 3.99. The van der Waals surface area contributed by atoms with Crippen molar-refractivity contribution in [2.24, 2.45) is 0 Å². The third-order valence-electron chi connectivity index (χ3n) is 2.99. The summed E-state index contributed by atoms with van der Waals surface area (Å²) in [6.45, 7) is 1.14. The maximum Gasteiger partial charge on any atom is 0.117 e.